The van der Waals surface area contributed by atoms with E-state index in [0.29, 0.717) is 13.1 Å². The van der Waals surface area contributed by atoms with Crippen molar-refractivity contribution in [1.82, 2.24) is 15.5 Å². The van der Waals surface area contributed by atoms with Crippen LogP contribution in [0.25, 0.3) is 0 Å². The van der Waals surface area contributed by atoms with Crippen molar-refractivity contribution >= 4 is 17.8 Å². The lowest BCUT2D eigenvalue weighted by molar-refractivity contribution is -0.144. The van der Waals surface area contributed by atoms with Crippen molar-refractivity contribution in [2.75, 3.05) is 19.6 Å². The zero-order valence-electron chi connectivity index (χ0n) is 11.9. The molecular weight excluding hydrogens is 278 g/mol. The Bertz CT molecular complexity index is 438. The van der Waals surface area contributed by atoms with Crippen molar-refractivity contribution in [1.29, 1.82) is 0 Å². The van der Waals surface area contributed by atoms with Gasteiger partial charge in [-0.15, -0.1) is 0 Å². The lowest BCUT2D eigenvalue weighted by atomic mass is 10.1. The summed E-state index contributed by atoms with van der Waals surface area (Å²) in [6, 6.07) is -1.57. The first kappa shape index (κ1) is 15.7. The number of carbonyl (C=O) groups excluding carboxylic acids is 2. The Morgan fingerprint density at radius 3 is 2.57 bits per heavy atom. The highest BCUT2D eigenvalue weighted by molar-refractivity contribution is 5.89. The number of rotatable bonds is 5. The number of carboxylic acid groups (broad SMARTS) is 1. The first-order valence-electron chi connectivity index (χ1n) is 7.13. The van der Waals surface area contributed by atoms with Gasteiger partial charge in [-0.05, 0) is 25.7 Å². The van der Waals surface area contributed by atoms with Crippen LogP contribution in [0.1, 0.15) is 19.8 Å². The van der Waals surface area contributed by atoms with E-state index in [1.165, 1.54) is 11.8 Å². The van der Waals surface area contributed by atoms with Crippen molar-refractivity contribution in [3.8, 4) is 0 Å². The maximum absolute atomic E-state index is 12.2. The molecule has 4 N–H and O–H groups in total. The van der Waals surface area contributed by atoms with Gasteiger partial charge in [0.25, 0.3) is 0 Å². The van der Waals surface area contributed by atoms with E-state index in [9.17, 15) is 19.5 Å². The Balaban J connectivity index is 1.86. The van der Waals surface area contributed by atoms with Crippen LogP contribution < -0.4 is 10.6 Å². The topological polar surface area (TPSA) is 119 Å². The van der Waals surface area contributed by atoms with E-state index in [0.717, 1.165) is 12.8 Å². The molecule has 1 saturated carbocycles. The molecule has 8 nitrogen and oxygen atoms in total. The smallest absolute Gasteiger partial charge is 0.322 e. The summed E-state index contributed by atoms with van der Waals surface area (Å²) in [7, 11) is 0. The fraction of sp³-hybridized carbons (Fsp3) is 0.769. The Kier molecular flexibility index (Phi) is 4.79. The monoisotopic (exact) mass is 299 g/mol. The highest BCUT2D eigenvalue weighted by Gasteiger charge is 2.36. The van der Waals surface area contributed by atoms with Crippen LogP contribution in [-0.4, -0.2) is 70.7 Å². The second-order valence-electron chi connectivity index (χ2n) is 5.64. The van der Waals surface area contributed by atoms with Gasteiger partial charge in [-0.25, -0.2) is 0 Å². The summed E-state index contributed by atoms with van der Waals surface area (Å²) in [5, 5.41) is 23.9. The summed E-state index contributed by atoms with van der Waals surface area (Å²) in [6.07, 6.45) is 0.597. The summed E-state index contributed by atoms with van der Waals surface area (Å²) in [5.41, 5.74) is 0. The maximum atomic E-state index is 12.2. The molecule has 0 aromatic rings. The van der Waals surface area contributed by atoms with E-state index < -0.39 is 30.1 Å². The van der Waals surface area contributed by atoms with Crippen molar-refractivity contribution in [2.24, 2.45) is 5.92 Å². The van der Waals surface area contributed by atoms with Crippen LogP contribution in [0.2, 0.25) is 0 Å². The first-order chi connectivity index (χ1) is 9.90. The number of carbonyl (C=O) groups is 3. The fourth-order valence-corrected chi connectivity index (χ4v) is 2.38. The number of aliphatic hydroxyl groups is 1. The lowest BCUT2D eigenvalue weighted by Gasteiger charge is -2.33. The van der Waals surface area contributed by atoms with Gasteiger partial charge in [0.15, 0.2) is 0 Å². The third kappa shape index (κ3) is 3.92. The summed E-state index contributed by atoms with van der Waals surface area (Å²) in [4.78, 5) is 36.3. The number of nitrogens with one attached hydrogen (secondary N) is 2. The molecule has 1 saturated heterocycles. The molecule has 0 unspecified atom stereocenters. The molecule has 0 radical (unpaired) electrons. The Morgan fingerprint density at radius 2 is 2.00 bits per heavy atom. The van der Waals surface area contributed by atoms with Gasteiger partial charge >= 0.3 is 5.97 Å². The molecule has 118 valence electrons. The van der Waals surface area contributed by atoms with Crippen LogP contribution >= 0.6 is 0 Å². The molecule has 1 aliphatic heterocycles. The molecule has 1 heterocycles. The van der Waals surface area contributed by atoms with E-state index in [2.05, 4.69) is 10.6 Å². The number of aliphatic hydroxyl groups excluding tert-OH is 1. The van der Waals surface area contributed by atoms with E-state index in [-0.39, 0.29) is 18.4 Å². The molecule has 8 heteroatoms. The van der Waals surface area contributed by atoms with Crippen LogP contribution in [0.3, 0.4) is 0 Å². The van der Waals surface area contributed by atoms with Crippen molar-refractivity contribution in [2.45, 2.75) is 38.0 Å². The standard InChI is InChI=1S/C13H21N3O5/c1-7(15-11(18)10(17)8-2-3-8)12(19)16-5-4-14-9(6-16)13(20)21/h7-10,14,17H,2-6H2,1H3,(H,15,18)(H,20,21)/t7-,9-,10-/m0/s1. The molecule has 2 aliphatic rings. The highest BCUT2D eigenvalue weighted by Crippen LogP contribution is 2.32. The Labute approximate surface area is 122 Å². The number of nitrogens with zero attached hydrogens (tertiary/aromatic N) is 1. The normalized spacial score (nSPS) is 25.0. The quantitative estimate of drug-likeness (QED) is 0.473. The zero-order chi connectivity index (χ0) is 15.6. The van der Waals surface area contributed by atoms with E-state index in [1.807, 2.05) is 0 Å². The minimum Gasteiger partial charge on any atom is -0.480 e. The molecule has 0 aromatic carbocycles. The molecule has 0 aromatic heterocycles. The van der Waals surface area contributed by atoms with Gasteiger partial charge in [0.05, 0.1) is 0 Å². The molecule has 0 bridgehead atoms. The maximum Gasteiger partial charge on any atom is 0.322 e. The average Bonchev–Trinajstić information content (AvgIpc) is 3.30. The lowest BCUT2D eigenvalue weighted by Crippen LogP contribution is -2.59. The largest absolute Gasteiger partial charge is 0.480 e. The molecule has 0 spiro atoms. The SMILES string of the molecule is C[C@H](NC(=O)[C@@H](O)C1CC1)C(=O)N1CCN[C@H](C(=O)O)C1. The fourth-order valence-electron chi connectivity index (χ4n) is 2.38. The van der Waals surface area contributed by atoms with Gasteiger partial charge < -0.3 is 25.7 Å². The van der Waals surface area contributed by atoms with Gasteiger partial charge in [-0.3, -0.25) is 14.4 Å². The van der Waals surface area contributed by atoms with Gasteiger partial charge in [0.1, 0.15) is 18.2 Å². The van der Waals surface area contributed by atoms with E-state index in [1.54, 1.807) is 0 Å². The first-order valence-corrected chi connectivity index (χ1v) is 7.13. The van der Waals surface area contributed by atoms with Gasteiger partial charge in [0.2, 0.25) is 11.8 Å². The molecular formula is C13H21N3O5. The van der Waals surface area contributed by atoms with E-state index in [4.69, 9.17) is 5.11 Å². The summed E-state index contributed by atoms with van der Waals surface area (Å²) in [5.74, 6) is -1.88. The minimum atomic E-state index is -1.06. The molecule has 2 amide bonds. The summed E-state index contributed by atoms with van der Waals surface area (Å²) < 4.78 is 0. The number of aliphatic carboxylic acids is 1. The third-order valence-electron chi connectivity index (χ3n) is 3.85. The van der Waals surface area contributed by atoms with Gasteiger partial charge in [0, 0.05) is 19.6 Å². The Hall–Kier alpha value is -1.67. The summed E-state index contributed by atoms with van der Waals surface area (Å²) >= 11 is 0. The van der Waals surface area contributed by atoms with Crippen molar-refractivity contribution in [3.05, 3.63) is 0 Å². The van der Waals surface area contributed by atoms with Crippen molar-refractivity contribution in [3.63, 3.8) is 0 Å². The van der Waals surface area contributed by atoms with Crippen LogP contribution in [0, 0.1) is 5.92 Å². The predicted molar refractivity (Wildman–Crippen MR) is 72.3 cm³/mol. The summed E-state index contributed by atoms with van der Waals surface area (Å²) in [6.45, 7) is 2.40. The van der Waals surface area contributed by atoms with E-state index >= 15 is 0 Å². The number of amides is 2. The number of hydrogen-bond donors (Lipinski definition) is 4. The van der Waals surface area contributed by atoms with Crippen LogP contribution in [-0.2, 0) is 14.4 Å². The van der Waals surface area contributed by atoms with Gasteiger partial charge in [-0.1, -0.05) is 0 Å². The Morgan fingerprint density at radius 1 is 1.33 bits per heavy atom. The minimum absolute atomic E-state index is 0.00267. The van der Waals surface area contributed by atoms with Crippen LogP contribution in [0.4, 0.5) is 0 Å². The second kappa shape index (κ2) is 6.40. The molecule has 3 atom stereocenters. The van der Waals surface area contributed by atoms with Crippen molar-refractivity contribution < 1.29 is 24.6 Å². The predicted octanol–water partition coefficient (Wildman–Crippen LogP) is -1.85. The third-order valence-corrected chi connectivity index (χ3v) is 3.85. The second-order valence-corrected chi connectivity index (χ2v) is 5.64. The molecule has 1 aliphatic carbocycles. The molecule has 2 rings (SSSR count). The average molecular weight is 299 g/mol. The van der Waals surface area contributed by atoms with Crippen LogP contribution in [0.15, 0.2) is 0 Å². The number of hydrogen-bond acceptors (Lipinski definition) is 5. The zero-order valence-corrected chi connectivity index (χ0v) is 11.9. The van der Waals surface area contributed by atoms with Gasteiger partial charge in [-0.2, -0.15) is 0 Å². The number of carboxylic acids is 1. The molecule has 21 heavy (non-hydrogen) atoms. The highest BCUT2D eigenvalue weighted by atomic mass is 16.4. The molecule has 2 fully saturated rings. The number of piperazine rings is 1. The van der Waals surface area contributed by atoms with Crippen LogP contribution in [0.5, 0.6) is 0 Å².